The minimum atomic E-state index is -3.94. The molecule has 1 atom stereocenters. The molecule has 5 nitrogen and oxygen atoms in total. The van der Waals surface area contributed by atoms with Crippen molar-refractivity contribution < 1.29 is 22.0 Å². The number of nitrogens with zero attached hydrogens (tertiary/aromatic N) is 1. The third-order valence-corrected chi connectivity index (χ3v) is 5.50. The van der Waals surface area contributed by atoms with Crippen molar-refractivity contribution in [3.63, 3.8) is 0 Å². The van der Waals surface area contributed by atoms with Crippen LogP contribution in [0.1, 0.15) is 6.92 Å². The monoisotopic (exact) mass is 404 g/mol. The summed E-state index contributed by atoms with van der Waals surface area (Å²) in [6.45, 7) is 1.37. The van der Waals surface area contributed by atoms with E-state index in [1.807, 2.05) is 30.3 Å². The van der Waals surface area contributed by atoms with Gasteiger partial charge in [0, 0.05) is 11.8 Å². The minimum Gasteiger partial charge on any atom is -0.324 e. The van der Waals surface area contributed by atoms with E-state index in [-0.39, 0.29) is 5.69 Å². The molecule has 8 heteroatoms. The molecule has 0 aromatic heterocycles. The van der Waals surface area contributed by atoms with Crippen LogP contribution in [-0.4, -0.2) is 26.6 Å². The van der Waals surface area contributed by atoms with Gasteiger partial charge in [0.15, 0.2) is 11.6 Å². The number of anilines is 2. The molecule has 1 amide bonds. The highest BCUT2D eigenvalue weighted by atomic mass is 32.2. The molecule has 0 saturated heterocycles. The Bertz CT molecular complexity index is 1150. The molecule has 28 heavy (non-hydrogen) atoms. The van der Waals surface area contributed by atoms with Crippen LogP contribution in [-0.2, 0) is 14.8 Å². The molecule has 0 radical (unpaired) electrons. The average molecular weight is 404 g/mol. The van der Waals surface area contributed by atoms with Crippen LogP contribution < -0.4 is 9.62 Å². The normalized spacial score (nSPS) is 12.6. The van der Waals surface area contributed by atoms with Crippen LogP contribution in [0.15, 0.2) is 60.7 Å². The highest BCUT2D eigenvalue weighted by Gasteiger charge is 2.29. The number of fused-ring (bicyclic) bond motifs is 1. The van der Waals surface area contributed by atoms with Gasteiger partial charge in [-0.25, -0.2) is 17.2 Å². The Hall–Kier alpha value is -3.00. The Balaban J connectivity index is 1.90. The van der Waals surface area contributed by atoms with E-state index in [4.69, 9.17) is 0 Å². The summed E-state index contributed by atoms with van der Waals surface area (Å²) in [5.74, 6) is -2.91. The third-order valence-electron chi connectivity index (χ3n) is 4.26. The van der Waals surface area contributed by atoms with Gasteiger partial charge < -0.3 is 5.32 Å². The van der Waals surface area contributed by atoms with Gasteiger partial charge in [-0.3, -0.25) is 9.10 Å². The quantitative estimate of drug-likeness (QED) is 0.701. The van der Waals surface area contributed by atoms with Gasteiger partial charge in [-0.1, -0.05) is 30.3 Å². The second-order valence-corrected chi connectivity index (χ2v) is 8.24. The molecule has 0 bridgehead atoms. The van der Waals surface area contributed by atoms with E-state index in [1.54, 1.807) is 12.1 Å². The molecule has 0 heterocycles. The number of nitrogens with one attached hydrogen (secondary N) is 1. The molecular weight excluding hydrogens is 386 g/mol. The van der Waals surface area contributed by atoms with Gasteiger partial charge in [0.1, 0.15) is 6.04 Å². The van der Waals surface area contributed by atoms with Crippen LogP contribution in [0.3, 0.4) is 0 Å². The molecule has 0 aliphatic heterocycles. The molecule has 3 rings (SSSR count). The van der Waals surface area contributed by atoms with Crippen LogP contribution in [0.5, 0.6) is 0 Å². The van der Waals surface area contributed by atoms with Crippen LogP contribution in [0.25, 0.3) is 10.8 Å². The topological polar surface area (TPSA) is 66.5 Å². The number of hydrogen-bond acceptors (Lipinski definition) is 3. The van der Waals surface area contributed by atoms with Crippen LogP contribution in [0.2, 0.25) is 0 Å². The maximum atomic E-state index is 13.6. The van der Waals surface area contributed by atoms with E-state index in [0.717, 1.165) is 39.5 Å². The number of carbonyl (C=O) groups excluding carboxylic acids is 1. The molecule has 0 saturated carbocycles. The summed E-state index contributed by atoms with van der Waals surface area (Å²) in [4.78, 5) is 12.7. The molecule has 146 valence electrons. The summed E-state index contributed by atoms with van der Waals surface area (Å²) in [6.07, 6.45) is 0.897. The van der Waals surface area contributed by atoms with E-state index >= 15 is 0 Å². The average Bonchev–Trinajstić information content (AvgIpc) is 2.63. The number of carbonyl (C=O) groups is 1. The number of rotatable bonds is 5. The molecule has 0 fully saturated rings. The Morgan fingerprint density at radius 3 is 2.29 bits per heavy atom. The Morgan fingerprint density at radius 1 is 0.964 bits per heavy atom. The van der Waals surface area contributed by atoms with Crippen molar-refractivity contribution in [3.05, 3.63) is 72.3 Å². The predicted octanol–water partition coefficient (Wildman–Crippen LogP) is 3.91. The first-order valence-corrected chi connectivity index (χ1v) is 10.3. The van der Waals surface area contributed by atoms with Gasteiger partial charge in [-0.15, -0.1) is 0 Å². The lowest BCUT2D eigenvalue weighted by atomic mass is 10.1. The molecule has 3 aromatic rings. The van der Waals surface area contributed by atoms with Crippen molar-refractivity contribution in [2.24, 2.45) is 0 Å². The molecule has 0 unspecified atom stereocenters. The van der Waals surface area contributed by atoms with Gasteiger partial charge >= 0.3 is 0 Å². The highest BCUT2D eigenvalue weighted by molar-refractivity contribution is 7.92. The molecule has 0 aliphatic carbocycles. The molecule has 0 aliphatic rings. The summed E-state index contributed by atoms with van der Waals surface area (Å²) < 4.78 is 52.0. The van der Waals surface area contributed by atoms with Gasteiger partial charge in [0.2, 0.25) is 15.9 Å². The number of halogens is 2. The van der Waals surface area contributed by atoms with Gasteiger partial charge in [0.05, 0.1) is 11.9 Å². The largest absolute Gasteiger partial charge is 0.324 e. The van der Waals surface area contributed by atoms with Crippen molar-refractivity contribution in [2.75, 3.05) is 15.9 Å². The fourth-order valence-electron chi connectivity index (χ4n) is 2.94. The Morgan fingerprint density at radius 2 is 1.64 bits per heavy atom. The lowest BCUT2D eigenvalue weighted by Gasteiger charge is -2.28. The fraction of sp³-hybridized carbons (Fsp3) is 0.150. The lowest BCUT2D eigenvalue weighted by Crippen LogP contribution is -2.45. The molecule has 1 N–H and O–H groups in total. The maximum Gasteiger partial charge on any atom is 0.247 e. The van der Waals surface area contributed by atoms with E-state index in [1.165, 1.54) is 6.92 Å². The number of benzene rings is 3. The second kappa shape index (κ2) is 7.55. The summed E-state index contributed by atoms with van der Waals surface area (Å²) in [7, 11) is -3.94. The second-order valence-electron chi connectivity index (χ2n) is 6.38. The van der Waals surface area contributed by atoms with Gasteiger partial charge in [-0.2, -0.15) is 0 Å². The predicted molar refractivity (Wildman–Crippen MR) is 106 cm³/mol. The van der Waals surface area contributed by atoms with E-state index in [9.17, 15) is 22.0 Å². The first-order valence-electron chi connectivity index (χ1n) is 8.41. The fourth-order valence-corrected chi connectivity index (χ4v) is 4.11. The zero-order valence-corrected chi connectivity index (χ0v) is 16.0. The number of amides is 1. The Kier molecular flexibility index (Phi) is 5.33. The zero-order valence-electron chi connectivity index (χ0n) is 15.2. The number of hydrogen-bond donors (Lipinski definition) is 1. The standard InChI is InChI=1S/C20H18F2N2O3S/c1-13(24(28(2,26)27)17-9-10-18(21)19(22)12-17)20(25)23-16-8-7-14-5-3-4-6-15(14)11-16/h3-13H,1-2H3,(H,23,25)/t13-/m1/s1. The molecular formula is C20H18F2N2O3S. The van der Waals surface area contributed by atoms with Gasteiger partial charge in [-0.05, 0) is 42.0 Å². The van der Waals surface area contributed by atoms with Crippen LogP contribution in [0, 0.1) is 11.6 Å². The SMILES string of the molecule is C[C@H](C(=O)Nc1ccc2ccccc2c1)N(c1ccc(F)c(F)c1)S(C)(=O)=O. The van der Waals surface area contributed by atoms with Crippen molar-refractivity contribution in [1.29, 1.82) is 0 Å². The summed E-state index contributed by atoms with van der Waals surface area (Å²) >= 11 is 0. The first kappa shape index (κ1) is 19.8. The van der Waals surface area contributed by atoms with Crippen molar-refractivity contribution >= 4 is 38.1 Å². The highest BCUT2D eigenvalue weighted by Crippen LogP contribution is 2.24. The minimum absolute atomic E-state index is 0.137. The van der Waals surface area contributed by atoms with Crippen molar-refractivity contribution in [2.45, 2.75) is 13.0 Å². The van der Waals surface area contributed by atoms with E-state index < -0.39 is 33.6 Å². The van der Waals surface area contributed by atoms with Gasteiger partial charge in [0.25, 0.3) is 0 Å². The molecule has 3 aromatic carbocycles. The van der Waals surface area contributed by atoms with Crippen LogP contribution in [0.4, 0.5) is 20.2 Å². The summed E-state index contributed by atoms with van der Waals surface area (Å²) in [5, 5.41) is 4.57. The van der Waals surface area contributed by atoms with Crippen LogP contribution >= 0.6 is 0 Å². The van der Waals surface area contributed by atoms with E-state index in [0.29, 0.717) is 5.69 Å². The summed E-state index contributed by atoms with van der Waals surface area (Å²) in [5.41, 5.74) is 0.358. The van der Waals surface area contributed by atoms with Crippen molar-refractivity contribution in [1.82, 2.24) is 0 Å². The first-order chi connectivity index (χ1) is 13.2. The third kappa shape index (κ3) is 4.12. The summed E-state index contributed by atoms with van der Waals surface area (Å²) in [6, 6.07) is 14.4. The number of sulfonamides is 1. The van der Waals surface area contributed by atoms with Crippen molar-refractivity contribution in [3.8, 4) is 0 Å². The zero-order chi connectivity index (χ0) is 20.5. The molecule has 0 spiro atoms. The Labute approximate surface area is 161 Å². The lowest BCUT2D eigenvalue weighted by molar-refractivity contribution is -0.116. The smallest absolute Gasteiger partial charge is 0.247 e. The van der Waals surface area contributed by atoms with E-state index in [2.05, 4.69) is 5.32 Å². The maximum absolute atomic E-state index is 13.6.